The van der Waals surface area contributed by atoms with E-state index in [1.54, 1.807) is 0 Å². The predicted molar refractivity (Wildman–Crippen MR) is 315 cm³/mol. The summed E-state index contributed by atoms with van der Waals surface area (Å²) >= 11 is 0. The van der Waals surface area contributed by atoms with Crippen molar-refractivity contribution in [2.24, 2.45) is 0 Å². The van der Waals surface area contributed by atoms with Crippen molar-refractivity contribution < 1.29 is 4.42 Å². The van der Waals surface area contributed by atoms with Crippen molar-refractivity contribution in [1.29, 1.82) is 0 Å². The molecule has 12 aromatic carbocycles. The highest BCUT2D eigenvalue weighted by Crippen LogP contribution is 2.63. The van der Waals surface area contributed by atoms with Crippen LogP contribution in [0.3, 0.4) is 0 Å². The van der Waals surface area contributed by atoms with Crippen molar-refractivity contribution >= 4 is 56.1 Å². The molecule has 76 heavy (non-hydrogen) atoms. The zero-order chi connectivity index (χ0) is 49.9. The highest BCUT2D eigenvalue weighted by Gasteiger charge is 2.50. The van der Waals surface area contributed by atoms with Crippen molar-refractivity contribution in [2.45, 2.75) is 5.41 Å². The lowest BCUT2D eigenvalue weighted by Crippen LogP contribution is -2.29. The van der Waals surface area contributed by atoms with Crippen LogP contribution in [0, 0.1) is 0 Å². The molecule has 13 aromatic rings. The zero-order valence-electron chi connectivity index (χ0n) is 41.4. The molecular formula is C73H46N2O. The van der Waals surface area contributed by atoms with Crippen LogP contribution in [0.4, 0.5) is 34.1 Å². The lowest BCUT2D eigenvalue weighted by Gasteiger charge is -2.36. The number of rotatable bonds is 5. The minimum absolute atomic E-state index is 0.736. The molecule has 2 aliphatic carbocycles. The molecule has 354 valence electrons. The molecular weight excluding hydrogens is 921 g/mol. The molecule has 1 aromatic heterocycles. The highest BCUT2D eigenvalue weighted by atomic mass is 16.3. The van der Waals surface area contributed by atoms with Gasteiger partial charge in [0.25, 0.3) is 0 Å². The smallest absolute Gasteiger partial charge is 0.135 e. The normalized spacial score (nSPS) is 14.3. The van der Waals surface area contributed by atoms with Crippen LogP contribution in [0.15, 0.2) is 283 Å². The number of nitrogens with zero attached hydrogens (tertiary/aromatic N) is 2. The maximum Gasteiger partial charge on any atom is 0.135 e. The summed E-state index contributed by atoms with van der Waals surface area (Å²) in [7, 11) is 0. The molecule has 3 heteroatoms. The zero-order valence-corrected chi connectivity index (χ0v) is 41.4. The van der Waals surface area contributed by atoms with Gasteiger partial charge in [-0.15, -0.1) is 0 Å². The first-order chi connectivity index (χ1) is 37.7. The van der Waals surface area contributed by atoms with Gasteiger partial charge in [-0.3, -0.25) is 0 Å². The van der Waals surface area contributed by atoms with Gasteiger partial charge in [-0.05, 0) is 157 Å². The molecule has 0 fully saturated rings. The van der Waals surface area contributed by atoms with Crippen LogP contribution in [-0.4, -0.2) is 0 Å². The fourth-order valence-electron chi connectivity index (χ4n) is 13.2. The van der Waals surface area contributed by atoms with E-state index in [2.05, 4.69) is 289 Å². The van der Waals surface area contributed by atoms with Gasteiger partial charge in [0.05, 0.1) is 16.8 Å². The Kier molecular flexibility index (Phi) is 9.25. The second kappa shape index (κ2) is 16.5. The van der Waals surface area contributed by atoms with Crippen LogP contribution in [0.5, 0.6) is 0 Å². The fourth-order valence-corrected chi connectivity index (χ4v) is 13.2. The molecule has 16 rings (SSSR count). The van der Waals surface area contributed by atoms with E-state index in [0.29, 0.717) is 0 Å². The summed E-state index contributed by atoms with van der Waals surface area (Å²) in [6.45, 7) is 0. The van der Waals surface area contributed by atoms with Crippen molar-refractivity contribution in [3.05, 3.63) is 301 Å². The second-order valence-corrected chi connectivity index (χ2v) is 20.3. The van der Waals surface area contributed by atoms with Crippen LogP contribution in [0.2, 0.25) is 0 Å². The summed E-state index contributed by atoms with van der Waals surface area (Å²) in [6, 6.07) is 103. The maximum absolute atomic E-state index is 6.82. The van der Waals surface area contributed by atoms with Gasteiger partial charge in [0.1, 0.15) is 11.2 Å². The Balaban J connectivity index is 0.986. The monoisotopic (exact) mass is 966 g/mol. The maximum atomic E-state index is 6.82. The van der Waals surface area contributed by atoms with Crippen LogP contribution in [0.1, 0.15) is 22.3 Å². The summed E-state index contributed by atoms with van der Waals surface area (Å²) in [5.74, 6) is 0. The minimum atomic E-state index is -0.736. The largest absolute Gasteiger partial charge is 0.456 e. The van der Waals surface area contributed by atoms with Crippen LogP contribution in [0.25, 0.3) is 88.7 Å². The van der Waals surface area contributed by atoms with Crippen LogP contribution in [-0.2, 0) is 5.41 Å². The standard InChI is InChI=1S/C73H46N2O/c1-3-19-47(20-4-1)48-35-37-50(38-36-48)74(51-39-41-55-59-27-11-16-32-69(59)75(49-21-5-2-6-22-49)70-33-17-12-28-60(70)62(55)43-51)52-40-42-58-54-24-8-7-23-53(54)56-25-9-14-30-65(56)73(67(58)44-52)66-31-15-10-26-57(66)63-45-64-61-29-13-18-34-71(61)76-72(64)46-68(63)73/h1-46H. The summed E-state index contributed by atoms with van der Waals surface area (Å²) in [5, 5.41) is 2.26. The lowest BCUT2D eigenvalue weighted by molar-refractivity contribution is 0.666. The van der Waals surface area contributed by atoms with Gasteiger partial charge < -0.3 is 14.2 Å². The number of fused-ring (bicyclic) bond motifs is 20. The SMILES string of the molecule is c1ccc(-c2ccc(N(c3ccc4c(c3)-c3ccccc3N(c3ccccc3)c3ccccc3-4)c3ccc4c(c3)C3(c5ccccc5-c5ccccc5-4)c4ccccc4-c4cc5c(cc43)oc3ccccc35)cc2)cc1. The molecule has 0 N–H and O–H groups in total. The van der Waals surface area contributed by atoms with Crippen molar-refractivity contribution in [2.75, 3.05) is 9.80 Å². The predicted octanol–water partition coefficient (Wildman–Crippen LogP) is 19.9. The van der Waals surface area contributed by atoms with Gasteiger partial charge in [-0.25, -0.2) is 0 Å². The summed E-state index contributed by atoms with van der Waals surface area (Å²) in [6.07, 6.45) is 0. The molecule has 1 spiro atoms. The molecule has 3 aliphatic rings. The van der Waals surface area contributed by atoms with E-state index in [1.807, 2.05) is 0 Å². The summed E-state index contributed by atoms with van der Waals surface area (Å²) in [4.78, 5) is 4.90. The van der Waals surface area contributed by atoms with Crippen molar-refractivity contribution in [1.82, 2.24) is 0 Å². The van der Waals surface area contributed by atoms with E-state index < -0.39 is 5.41 Å². The lowest BCUT2D eigenvalue weighted by atomic mass is 9.65. The molecule has 1 unspecified atom stereocenters. The number of hydrogen-bond acceptors (Lipinski definition) is 3. The first kappa shape index (κ1) is 42.5. The third-order valence-corrected chi connectivity index (χ3v) is 16.4. The molecule has 1 atom stereocenters. The van der Waals surface area contributed by atoms with Gasteiger partial charge >= 0.3 is 0 Å². The third kappa shape index (κ3) is 6.11. The Morgan fingerprint density at radius 3 is 1.45 bits per heavy atom. The summed E-state index contributed by atoms with van der Waals surface area (Å²) < 4.78 is 6.82. The van der Waals surface area contributed by atoms with E-state index >= 15 is 0 Å². The second-order valence-electron chi connectivity index (χ2n) is 20.3. The first-order valence-corrected chi connectivity index (χ1v) is 26.2. The van der Waals surface area contributed by atoms with E-state index in [-0.39, 0.29) is 0 Å². The number of anilines is 6. The van der Waals surface area contributed by atoms with Gasteiger partial charge in [0.2, 0.25) is 0 Å². The highest BCUT2D eigenvalue weighted by molar-refractivity contribution is 6.10. The minimum Gasteiger partial charge on any atom is -0.456 e. The van der Waals surface area contributed by atoms with Gasteiger partial charge in [0, 0.05) is 44.6 Å². The Hall–Kier alpha value is -9.96. The number of para-hydroxylation sites is 4. The Bertz CT molecular complexity index is 4480. The molecule has 0 bridgehead atoms. The van der Waals surface area contributed by atoms with Gasteiger partial charge in [-0.1, -0.05) is 200 Å². The number of benzene rings is 12. The van der Waals surface area contributed by atoms with Gasteiger partial charge in [0.15, 0.2) is 0 Å². The first-order valence-electron chi connectivity index (χ1n) is 26.2. The third-order valence-electron chi connectivity index (χ3n) is 16.4. The van der Waals surface area contributed by atoms with Gasteiger partial charge in [-0.2, -0.15) is 0 Å². The van der Waals surface area contributed by atoms with E-state index in [4.69, 9.17) is 4.42 Å². The quantitative estimate of drug-likeness (QED) is 0.171. The Morgan fingerprint density at radius 2 is 0.750 bits per heavy atom. The number of furan rings is 1. The van der Waals surface area contributed by atoms with Crippen molar-refractivity contribution in [3.63, 3.8) is 0 Å². The van der Waals surface area contributed by atoms with E-state index in [0.717, 1.165) is 56.1 Å². The Labute approximate surface area is 441 Å². The molecule has 0 amide bonds. The molecule has 0 saturated heterocycles. The molecule has 0 radical (unpaired) electrons. The fraction of sp³-hybridized carbons (Fsp3) is 0.0137. The van der Waals surface area contributed by atoms with E-state index in [1.165, 1.54) is 89.0 Å². The Morgan fingerprint density at radius 1 is 0.276 bits per heavy atom. The van der Waals surface area contributed by atoms with Crippen LogP contribution < -0.4 is 9.80 Å². The summed E-state index contributed by atoms with van der Waals surface area (Å²) in [5.41, 5.74) is 27.0. The molecule has 2 heterocycles. The molecule has 1 aliphatic heterocycles. The molecule has 3 nitrogen and oxygen atoms in total. The van der Waals surface area contributed by atoms with E-state index in [9.17, 15) is 0 Å². The number of hydrogen-bond donors (Lipinski definition) is 0. The van der Waals surface area contributed by atoms with Crippen molar-refractivity contribution in [3.8, 4) is 66.8 Å². The average Bonchev–Trinajstić information content (AvgIpc) is 3.93. The average molecular weight is 967 g/mol. The molecule has 0 saturated carbocycles. The van der Waals surface area contributed by atoms with Crippen LogP contribution >= 0.6 is 0 Å². The topological polar surface area (TPSA) is 19.6 Å².